The summed E-state index contributed by atoms with van der Waals surface area (Å²) in [4.78, 5) is 11.8. The zero-order chi connectivity index (χ0) is 21.0. The number of benzene rings is 3. The van der Waals surface area contributed by atoms with Gasteiger partial charge < -0.3 is 11.1 Å². The summed E-state index contributed by atoms with van der Waals surface area (Å²) < 4.78 is 51.9. The van der Waals surface area contributed by atoms with Gasteiger partial charge in [0.2, 0.25) is 5.91 Å². The van der Waals surface area contributed by atoms with Gasteiger partial charge in [-0.25, -0.2) is 17.2 Å². The number of halogens is 3. The molecule has 0 fully saturated rings. The standard InChI is InChI=1S/C21H18F2N2O3S.ClH/c22-16-9-10-19(18(23)12-16)29(27,28)13-14-5-4-8-17(11-14)25-21(26)20(24)15-6-2-1-3-7-15;/h1-12,20H,13,24H2,(H,25,26);1H. The molecule has 0 aliphatic rings. The minimum absolute atomic E-state index is 0. The van der Waals surface area contributed by atoms with Crippen molar-refractivity contribution < 1.29 is 22.0 Å². The van der Waals surface area contributed by atoms with Crippen LogP contribution in [0, 0.1) is 11.6 Å². The summed E-state index contributed by atoms with van der Waals surface area (Å²) in [5.74, 6) is -2.98. The summed E-state index contributed by atoms with van der Waals surface area (Å²) in [6.45, 7) is 0. The normalized spacial score (nSPS) is 12.0. The van der Waals surface area contributed by atoms with Gasteiger partial charge in [0.25, 0.3) is 0 Å². The first-order valence-corrected chi connectivity index (χ1v) is 10.3. The molecule has 3 aromatic rings. The lowest BCUT2D eigenvalue weighted by Gasteiger charge is -2.13. The van der Waals surface area contributed by atoms with Crippen molar-refractivity contribution in [1.82, 2.24) is 0 Å². The van der Waals surface area contributed by atoms with Crippen LogP contribution in [-0.2, 0) is 20.4 Å². The maximum absolute atomic E-state index is 13.9. The van der Waals surface area contributed by atoms with Gasteiger partial charge in [0.05, 0.1) is 5.75 Å². The van der Waals surface area contributed by atoms with Gasteiger partial charge in [-0.05, 0) is 35.4 Å². The quantitative estimate of drug-likeness (QED) is 0.553. The summed E-state index contributed by atoms with van der Waals surface area (Å²) in [7, 11) is -4.04. The van der Waals surface area contributed by atoms with E-state index in [4.69, 9.17) is 5.73 Å². The average molecular weight is 453 g/mol. The minimum Gasteiger partial charge on any atom is -0.324 e. The molecule has 0 aliphatic heterocycles. The fourth-order valence-electron chi connectivity index (χ4n) is 2.80. The molecule has 9 heteroatoms. The van der Waals surface area contributed by atoms with Crippen LogP contribution in [0.1, 0.15) is 17.2 Å². The smallest absolute Gasteiger partial charge is 0.245 e. The molecular formula is C21H19ClF2N2O3S. The number of carbonyl (C=O) groups is 1. The lowest BCUT2D eigenvalue weighted by Crippen LogP contribution is -2.27. The fraction of sp³-hybridized carbons (Fsp3) is 0.0952. The molecule has 1 amide bonds. The monoisotopic (exact) mass is 452 g/mol. The van der Waals surface area contributed by atoms with Crippen LogP contribution in [-0.4, -0.2) is 14.3 Å². The van der Waals surface area contributed by atoms with E-state index in [1.165, 1.54) is 12.1 Å². The van der Waals surface area contributed by atoms with Gasteiger partial charge in [-0.1, -0.05) is 42.5 Å². The van der Waals surface area contributed by atoms with Crippen LogP contribution in [0.2, 0.25) is 0 Å². The number of carbonyl (C=O) groups excluding carboxylic acids is 1. The van der Waals surface area contributed by atoms with E-state index >= 15 is 0 Å². The number of nitrogens with two attached hydrogens (primary N) is 1. The van der Waals surface area contributed by atoms with E-state index in [0.29, 0.717) is 22.9 Å². The molecule has 0 saturated heterocycles. The second-order valence-corrected chi connectivity index (χ2v) is 8.37. The van der Waals surface area contributed by atoms with Crippen LogP contribution in [0.5, 0.6) is 0 Å². The van der Waals surface area contributed by atoms with Gasteiger partial charge in [0.1, 0.15) is 22.6 Å². The predicted octanol–water partition coefficient (Wildman–Crippen LogP) is 4.00. The van der Waals surface area contributed by atoms with Crippen molar-refractivity contribution in [3.05, 3.63) is 95.6 Å². The average Bonchev–Trinajstić information content (AvgIpc) is 2.67. The highest BCUT2D eigenvalue weighted by atomic mass is 35.5. The molecule has 3 N–H and O–H groups in total. The number of anilines is 1. The maximum atomic E-state index is 13.9. The van der Waals surface area contributed by atoms with E-state index in [0.717, 1.165) is 12.1 Å². The van der Waals surface area contributed by atoms with E-state index < -0.39 is 44.1 Å². The molecule has 0 radical (unpaired) electrons. The van der Waals surface area contributed by atoms with Gasteiger partial charge in [0.15, 0.2) is 9.84 Å². The number of hydrogen-bond donors (Lipinski definition) is 2. The van der Waals surface area contributed by atoms with Crippen LogP contribution >= 0.6 is 12.4 Å². The zero-order valence-corrected chi connectivity index (χ0v) is 17.2. The van der Waals surface area contributed by atoms with Gasteiger partial charge in [-0.3, -0.25) is 4.79 Å². The third-order valence-electron chi connectivity index (χ3n) is 4.22. The second-order valence-electron chi connectivity index (χ2n) is 6.41. The number of rotatable bonds is 6. The maximum Gasteiger partial charge on any atom is 0.245 e. The van der Waals surface area contributed by atoms with Crippen molar-refractivity contribution in [3.63, 3.8) is 0 Å². The molecule has 0 aromatic heterocycles. The van der Waals surface area contributed by atoms with E-state index in [1.54, 1.807) is 36.4 Å². The Morgan fingerprint density at radius 2 is 1.67 bits per heavy atom. The Morgan fingerprint density at radius 1 is 0.967 bits per heavy atom. The largest absolute Gasteiger partial charge is 0.324 e. The van der Waals surface area contributed by atoms with Crippen molar-refractivity contribution >= 4 is 33.8 Å². The molecule has 5 nitrogen and oxygen atoms in total. The number of sulfone groups is 1. The summed E-state index contributed by atoms with van der Waals surface area (Å²) in [6, 6.07) is 16.4. The van der Waals surface area contributed by atoms with E-state index in [1.807, 2.05) is 6.07 Å². The molecule has 0 spiro atoms. The molecule has 0 saturated carbocycles. The van der Waals surface area contributed by atoms with Crippen molar-refractivity contribution in [2.75, 3.05) is 5.32 Å². The predicted molar refractivity (Wildman–Crippen MR) is 113 cm³/mol. The Kier molecular flexibility index (Phi) is 7.66. The first-order chi connectivity index (χ1) is 13.8. The van der Waals surface area contributed by atoms with Crippen LogP contribution in [0.3, 0.4) is 0 Å². The van der Waals surface area contributed by atoms with E-state index in [2.05, 4.69) is 5.32 Å². The fourth-order valence-corrected chi connectivity index (χ4v) is 4.20. The van der Waals surface area contributed by atoms with Crippen LogP contribution in [0.25, 0.3) is 0 Å². The van der Waals surface area contributed by atoms with Gasteiger partial charge in [0, 0.05) is 11.8 Å². The molecule has 0 aliphatic carbocycles. The molecular weight excluding hydrogens is 434 g/mol. The second kappa shape index (κ2) is 9.80. The van der Waals surface area contributed by atoms with Gasteiger partial charge in [-0.15, -0.1) is 12.4 Å². The number of amides is 1. The molecule has 1 unspecified atom stereocenters. The highest BCUT2D eigenvalue weighted by Crippen LogP contribution is 2.22. The number of nitrogens with one attached hydrogen (secondary N) is 1. The van der Waals surface area contributed by atoms with Crippen LogP contribution in [0.4, 0.5) is 14.5 Å². The van der Waals surface area contributed by atoms with Crippen LogP contribution < -0.4 is 11.1 Å². The lowest BCUT2D eigenvalue weighted by molar-refractivity contribution is -0.117. The first kappa shape index (κ1) is 23.5. The SMILES string of the molecule is Cl.NC(C(=O)Nc1cccc(CS(=O)(=O)c2ccc(F)cc2F)c1)c1ccccc1. The van der Waals surface area contributed by atoms with Crippen molar-refractivity contribution in [3.8, 4) is 0 Å². The van der Waals surface area contributed by atoms with Crippen molar-refractivity contribution in [2.24, 2.45) is 5.73 Å². The molecule has 3 aromatic carbocycles. The Balaban J connectivity index is 0.00000320. The highest BCUT2D eigenvalue weighted by Gasteiger charge is 2.21. The highest BCUT2D eigenvalue weighted by molar-refractivity contribution is 7.90. The van der Waals surface area contributed by atoms with Gasteiger partial charge in [-0.2, -0.15) is 0 Å². The Morgan fingerprint density at radius 3 is 2.33 bits per heavy atom. The minimum atomic E-state index is -4.04. The van der Waals surface area contributed by atoms with Gasteiger partial charge >= 0.3 is 0 Å². The third kappa shape index (κ3) is 5.63. The van der Waals surface area contributed by atoms with E-state index in [9.17, 15) is 22.0 Å². The topological polar surface area (TPSA) is 89.3 Å². The zero-order valence-electron chi connectivity index (χ0n) is 15.6. The summed E-state index contributed by atoms with van der Waals surface area (Å²) >= 11 is 0. The molecule has 3 rings (SSSR count). The van der Waals surface area contributed by atoms with Crippen molar-refractivity contribution in [1.29, 1.82) is 0 Å². The Bertz CT molecular complexity index is 1140. The molecule has 0 bridgehead atoms. The van der Waals surface area contributed by atoms with E-state index in [-0.39, 0.29) is 12.4 Å². The first-order valence-electron chi connectivity index (χ1n) is 8.64. The molecule has 1 atom stereocenters. The van der Waals surface area contributed by atoms with Crippen LogP contribution in [0.15, 0.2) is 77.7 Å². The molecule has 158 valence electrons. The summed E-state index contributed by atoms with van der Waals surface area (Å²) in [6.07, 6.45) is 0. The lowest BCUT2D eigenvalue weighted by atomic mass is 10.1. The molecule has 0 heterocycles. The summed E-state index contributed by atoms with van der Waals surface area (Å²) in [5, 5.41) is 2.64. The van der Waals surface area contributed by atoms with Crippen molar-refractivity contribution in [2.45, 2.75) is 16.7 Å². The third-order valence-corrected chi connectivity index (χ3v) is 5.94. The number of hydrogen-bond acceptors (Lipinski definition) is 4. The molecule has 30 heavy (non-hydrogen) atoms. The Hall–Kier alpha value is -2.81. The summed E-state index contributed by atoms with van der Waals surface area (Å²) in [5.41, 5.74) is 7.27. The Labute approximate surface area is 179 Å².